The van der Waals surface area contributed by atoms with Gasteiger partial charge in [0.05, 0.1) is 18.0 Å². The number of carbonyl (C=O) groups excluding carboxylic acids is 1. The van der Waals surface area contributed by atoms with Crippen molar-refractivity contribution in [2.24, 2.45) is 10.8 Å². The number of carbonyl (C=O) groups is 3. The monoisotopic (exact) mass is 370 g/mol. The van der Waals surface area contributed by atoms with Crippen molar-refractivity contribution in [1.82, 2.24) is 5.43 Å². The number of aliphatic carboxylic acids is 2. The molecule has 9 heteroatoms. The number of anilines is 1. The first-order chi connectivity index (χ1) is 12.9. The Morgan fingerprint density at radius 1 is 1.11 bits per heavy atom. The van der Waals surface area contributed by atoms with Crippen molar-refractivity contribution in [3.05, 3.63) is 59.7 Å². The lowest BCUT2D eigenvalue weighted by Gasteiger charge is -2.11. The molecule has 0 fully saturated rings. The van der Waals surface area contributed by atoms with E-state index in [2.05, 4.69) is 15.7 Å². The zero-order valence-electron chi connectivity index (χ0n) is 14.1. The van der Waals surface area contributed by atoms with Crippen molar-refractivity contribution >= 4 is 35.6 Å². The highest BCUT2D eigenvalue weighted by molar-refractivity contribution is 6.04. The summed E-state index contributed by atoms with van der Waals surface area (Å²) in [6, 6.07) is 12.6. The van der Waals surface area contributed by atoms with E-state index in [4.69, 9.17) is 16.1 Å². The molecule has 9 nitrogen and oxygen atoms in total. The van der Waals surface area contributed by atoms with Crippen LogP contribution in [0.15, 0.2) is 53.5 Å². The molecule has 2 aromatic carbocycles. The molecule has 0 aliphatic rings. The molecular weight excluding hydrogens is 352 g/mol. The molecule has 1 amide bonds. The number of nitrogens with two attached hydrogens (primary N) is 1. The molecule has 0 saturated heterocycles. The maximum Gasteiger partial charge on any atom is 0.311 e. The number of hydrogen-bond acceptors (Lipinski definition) is 5. The predicted molar refractivity (Wildman–Crippen MR) is 98.9 cm³/mol. The van der Waals surface area contributed by atoms with E-state index in [1.807, 2.05) is 0 Å². The van der Waals surface area contributed by atoms with Crippen molar-refractivity contribution in [3.8, 4) is 0 Å². The molecule has 2 aromatic rings. The summed E-state index contributed by atoms with van der Waals surface area (Å²) < 4.78 is 0. The lowest BCUT2D eigenvalue weighted by molar-refractivity contribution is -0.145. The molecule has 0 aliphatic heterocycles. The Balaban J connectivity index is 2.11. The number of aliphatic imine (C=N–C) groups is 1. The first-order valence-corrected chi connectivity index (χ1v) is 7.85. The number of hydrogen-bond donors (Lipinski definition) is 5. The van der Waals surface area contributed by atoms with E-state index in [1.54, 1.807) is 24.3 Å². The first kappa shape index (κ1) is 19.6. The highest BCUT2D eigenvalue weighted by Gasteiger charge is 2.23. The van der Waals surface area contributed by atoms with Gasteiger partial charge in [0, 0.05) is 11.3 Å². The predicted octanol–water partition coefficient (Wildman–Crippen LogP) is 1.70. The maximum atomic E-state index is 12.3. The second kappa shape index (κ2) is 9.11. The lowest BCUT2D eigenvalue weighted by atomic mass is 9.96. The van der Waals surface area contributed by atoms with Gasteiger partial charge < -0.3 is 21.0 Å². The number of carboxylic acid groups (broad SMARTS) is 2. The Labute approximate surface area is 154 Å². The summed E-state index contributed by atoms with van der Waals surface area (Å²) >= 11 is 0. The summed E-state index contributed by atoms with van der Waals surface area (Å²) in [5.74, 6) is 1.15. The highest BCUT2D eigenvalue weighted by atomic mass is 16.4. The number of nitrogens with one attached hydrogen (secondary N) is 2. The average Bonchev–Trinajstić information content (AvgIpc) is 2.65. The molecule has 0 spiro atoms. The zero-order chi connectivity index (χ0) is 19.8. The highest BCUT2D eigenvalue weighted by Crippen LogP contribution is 2.23. The first-order valence-electron chi connectivity index (χ1n) is 7.85. The van der Waals surface area contributed by atoms with Crippen LogP contribution in [0.2, 0.25) is 0 Å². The van der Waals surface area contributed by atoms with Crippen LogP contribution in [-0.2, 0) is 9.59 Å². The Hall–Kier alpha value is -3.72. The van der Waals surface area contributed by atoms with Gasteiger partial charge in [0.2, 0.25) is 0 Å². The maximum absolute atomic E-state index is 12.3. The molecule has 6 N–H and O–H groups in total. The van der Waals surface area contributed by atoms with Gasteiger partial charge in [-0.05, 0) is 35.9 Å². The lowest BCUT2D eigenvalue weighted by Crippen LogP contribution is -2.18. The molecule has 0 radical (unpaired) electrons. The van der Waals surface area contributed by atoms with Gasteiger partial charge in [-0.2, -0.15) is 0 Å². The Morgan fingerprint density at radius 3 is 2.41 bits per heavy atom. The van der Waals surface area contributed by atoms with Gasteiger partial charge in [-0.1, -0.05) is 18.2 Å². The standard InChI is InChI=1S/C18H18N4O5/c19-21-10-20-14-3-1-2-12(8-14)17(25)22-13-6-4-11(5-7-13)15(18(26)27)9-16(23)24/h1-8,10,15H,9,19H2,(H,20,21)(H,22,25)(H,23,24)(H,26,27). The minimum absolute atomic E-state index is 0.341. The zero-order valence-corrected chi connectivity index (χ0v) is 14.1. The third-order valence-electron chi connectivity index (χ3n) is 3.64. The van der Waals surface area contributed by atoms with Crippen LogP contribution in [0.25, 0.3) is 0 Å². The van der Waals surface area contributed by atoms with Crippen LogP contribution in [0.3, 0.4) is 0 Å². The number of amides is 1. The molecule has 27 heavy (non-hydrogen) atoms. The van der Waals surface area contributed by atoms with Crippen LogP contribution >= 0.6 is 0 Å². The molecule has 0 bridgehead atoms. The smallest absolute Gasteiger partial charge is 0.311 e. The minimum atomic E-state index is -1.22. The van der Waals surface area contributed by atoms with E-state index in [1.165, 1.54) is 30.6 Å². The summed E-state index contributed by atoms with van der Waals surface area (Å²) in [5.41, 5.74) is 3.97. The molecule has 0 saturated carbocycles. The quantitative estimate of drug-likeness (QED) is 0.205. The molecule has 1 atom stereocenters. The third kappa shape index (κ3) is 5.65. The van der Waals surface area contributed by atoms with E-state index >= 15 is 0 Å². The van der Waals surface area contributed by atoms with Crippen molar-refractivity contribution < 1.29 is 24.6 Å². The van der Waals surface area contributed by atoms with Crippen LogP contribution in [0.1, 0.15) is 28.3 Å². The number of benzene rings is 2. The van der Waals surface area contributed by atoms with Gasteiger partial charge in [0.25, 0.3) is 5.91 Å². The van der Waals surface area contributed by atoms with Gasteiger partial charge >= 0.3 is 11.9 Å². The average molecular weight is 370 g/mol. The molecule has 0 aliphatic carbocycles. The van der Waals surface area contributed by atoms with Crippen LogP contribution in [0.5, 0.6) is 0 Å². The van der Waals surface area contributed by atoms with Crippen molar-refractivity contribution in [2.45, 2.75) is 12.3 Å². The second-order valence-corrected chi connectivity index (χ2v) is 5.54. The number of carboxylic acids is 2. The van der Waals surface area contributed by atoms with Crippen LogP contribution in [0, 0.1) is 0 Å². The SMILES string of the molecule is NNC=Nc1cccc(C(=O)Nc2ccc(C(CC(=O)O)C(=O)O)cc2)c1. The van der Waals surface area contributed by atoms with E-state index in [9.17, 15) is 14.4 Å². The Morgan fingerprint density at radius 2 is 1.81 bits per heavy atom. The summed E-state index contributed by atoms with van der Waals surface area (Å²) in [6.07, 6.45) is 0.762. The Bertz CT molecular complexity index is 864. The Kier molecular flexibility index (Phi) is 6.61. The van der Waals surface area contributed by atoms with E-state index in [0.29, 0.717) is 22.5 Å². The summed E-state index contributed by atoms with van der Waals surface area (Å²) in [6.45, 7) is 0. The summed E-state index contributed by atoms with van der Waals surface area (Å²) in [4.78, 5) is 38.4. The van der Waals surface area contributed by atoms with Crippen molar-refractivity contribution in [2.75, 3.05) is 5.32 Å². The van der Waals surface area contributed by atoms with Crippen molar-refractivity contribution in [3.63, 3.8) is 0 Å². The van der Waals surface area contributed by atoms with Crippen LogP contribution in [0.4, 0.5) is 11.4 Å². The van der Waals surface area contributed by atoms with Gasteiger partial charge in [-0.25, -0.2) is 10.8 Å². The van der Waals surface area contributed by atoms with Gasteiger partial charge in [0.15, 0.2) is 0 Å². The normalized spacial score (nSPS) is 11.7. The van der Waals surface area contributed by atoms with E-state index in [0.717, 1.165) is 0 Å². The minimum Gasteiger partial charge on any atom is -0.481 e. The molecule has 2 rings (SSSR count). The van der Waals surface area contributed by atoms with Crippen LogP contribution in [-0.4, -0.2) is 34.4 Å². The van der Waals surface area contributed by atoms with Crippen molar-refractivity contribution in [1.29, 1.82) is 0 Å². The molecule has 0 heterocycles. The van der Waals surface area contributed by atoms with E-state index in [-0.39, 0.29) is 5.91 Å². The second-order valence-electron chi connectivity index (χ2n) is 5.54. The topological polar surface area (TPSA) is 154 Å². The number of hydrazine groups is 1. The van der Waals surface area contributed by atoms with Gasteiger partial charge in [0.1, 0.15) is 6.34 Å². The van der Waals surface area contributed by atoms with Gasteiger partial charge in [-0.3, -0.25) is 14.4 Å². The fourth-order valence-corrected chi connectivity index (χ4v) is 2.36. The number of nitrogens with zero attached hydrogens (tertiary/aromatic N) is 1. The largest absolute Gasteiger partial charge is 0.481 e. The molecule has 0 aromatic heterocycles. The fraction of sp³-hybridized carbons (Fsp3) is 0.111. The summed E-state index contributed by atoms with van der Waals surface area (Å²) in [7, 11) is 0. The summed E-state index contributed by atoms with van der Waals surface area (Å²) in [5, 5.41) is 20.7. The molecular formula is C18H18N4O5. The van der Waals surface area contributed by atoms with Crippen LogP contribution < -0.4 is 16.6 Å². The fourth-order valence-electron chi connectivity index (χ4n) is 2.36. The molecule has 140 valence electrons. The molecule has 1 unspecified atom stereocenters. The third-order valence-corrected chi connectivity index (χ3v) is 3.64. The van der Waals surface area contributed by atoms with E-state index < -0.39 is 24.3 Å². The van der Waals surface area contributed by atoms with Gasteiger partial charge in [-0.15, -0.1) is 0 Å². The number of rotatable bonds is 8.